The van der Waals surface area contributed by atoms with Gasteiger partial charge in [0, 0.05) is 107 Å². The van der Waals surface area contributed by atoms with Crippen molar-refractivity contribution in [3.8, 4) is 11.5 Å². The topological polar surface area (TPSA) is 220 Å². The Bertz CT molecular complexity index is 2510. The highest BCUT2D eigenvalue weighted by molar-refractivity contribution is 8.00. The number of esters is 2. The summed E-state index contributed by atoms with van der Waals surface area (Å²) in [5.74, 6) is -3.63. The molecule has 1 aromatic heterocycles. The summed E-state index contributed by atoms with van der Waals surface area (Å²) < 4.78 is 64.2. The SMILES string of the molecule is CC[C@H]1OC(=O)[C@H](C)[C@@H](O[C@H]2C[C@@](C)(OC)[C@@H](O)[C@H](C)O2)[C@H](C)[C@@H](O[C@@H]2O[C@H](C)C[C@H](N(C)C(C)=O)[C@H]2O)[C@](C)(OC)CCC(=O)[C@H](C)[C@H]2[C@H](SCCN(Cc3c(Cl)cncc3Cl)c3ccc(OC)c(OC4CCCC4)c3)C(=O)O[C@@]21C. The molecule has 19 nitrogen and oxygen atoms in total. The van der Waals surface area contributed by atoms with Gasteiger partial charge in [-0.1, -0.05) is 44.0 Å². The largest absolute Gasteiger partial charge is 0.493 e. The fourth-order valence-electron chi connectivity index (χ4n) is 13.0. The number of cyclic esters (lactones) is 1. The number of nitrogens with zero attached hydrogens (tertiary/aromatic N) is 3. The molecule has 2 aromatic rings. The third-order valence-electron chi connectivity index (χ3n) is 18.4. The van der Waals surface area contributed by atoms with Crippen LogP contribution in [-0.4, -0.2) is 174 Å². The van der Waals surface area contributed by atoms with E-state index in [1.165, 1.54) is 37.8 Å². The highest BCUT2D eigenvalue weighted by Gasteiger charge is 2.61. The predicted octanol–water partition coefficient (Wildman–Crippen LogP) is 8.77. The van der Waals surface area contributed by atoms with Crippen LogP contribution in [0.3, 0.4) is 0 Å². The molecule has 22 heteroatoms. The standard InChI is InChI=1S/C60H89Cl2N3O16S/c1-15-47-60(10)49(52(56(71)81-60)82-25-24-65(31-40-41(61)29-63-30-42(40)62)38-20-21-45(72-12)46(27-38)77-39-18-16-17-19-39)33(3)44(67)22-23-58(8,73-13)54(80-57-50(68)43(26-32(2)75-57)64(11)37(7)66)34(4)51(35(5)55(70)78-47)79-48-28-59(9,74-14)53(69)36(6)76-48/h20-21,27,29-30,32-36,39,43,47-54,57,68-69H,15-19,22-26,28,31H2,1-14H3/t32-,33+,34+,35-,36+,43+,47-,48+,49+,50-,51+,52+,53+,54-,57+,58-,59-,60-/m1/s1. The zero-order valence-electron chi connectivity index (χ0n) is 50.2. The van der Waals surface area contributed by atoms with Gasteiger partial charge in [-0.05, 0) is 98.6 Å². The average molecular weight is 1210 g/mol. The number of pyridine rings is 1. The zero-order valence-corrected chi connectivity index (χ0v) is 52.6. The molecule has 1 amide bonds. The van der Waals surface area contributed by atoms with E-state index in [0.29, 0.717) is 45.8 Å². The van der Waals surface area contributed by atoms with E-state index in [4.69, 9.17) is 70.6 Å². The molecule has 1 aromatic carbocycles. The van der Waals surface area contributed by atoms with Crippen molar-refractivity contribution in [2.75, 3.05) is 45.6 Å². The Morgan fingerprint density at radius 2 is 1.57 bits per heavy atom. The molecule has 0 bridgehead atoms. The number of methoxy groups -OCH3 is 3. The van der Waals surface area contributed by atoms with Crippen molar-refractivity contribution in [3.63, 3.8) is 0 Å². The molecule has 18 atom stereocenters. The normalized spacial score (nSPS) is 36.9. The number of benzene rings is 1. The van der Waals surface area contributed by atoms with Crippen LogP contribution in [0.5, 0.6) is 11.5 Å². The number of fused-ring (bicyclic) bond motifs is 1. The monoisotopic (exact) mass is 1210 g/mol. The lowest BCUT2D eigenvalue weighted by atomic mass is 9.72. The number of hydrogen-bond donors (Lipinski definition) is 2. The Balaban J connectivity index is 1.25. The number of ketones is 1. The highest BCUT2D eigenvalue weighted by atomic mass is 35.5. The van der Waals surface area contributed by atoms with Crippen molar-refractivity contribution in [2.45, 2.75) is 223 Å². The van der Waals surface area contributed by atoms with Gasteiger partial charge in [0.1, 0.15) is 29.3 Å². The number of rotatable bonds is 18. The minimum atomic E-state index is -1.48. The van der Waals surface area contributed by atoms with Crippen LogP contribution in [0.4, 0.5) is 5.69 Å². The maximum absolute atomic E-state index is 15.2. The van der Waals surface area contributed by atoms with Crippen LogP contribution in [0, 0.1) is 23.7 Å². The number of hydrogen-bond acceptors (Lipinski definition) is 19. The number of carbonyl (C=O) groups excluding carboxylic acids is 4. The van der Waals surface area contributed by atoms with Crippen LogP contribution in [0.15, 0.2) is 30.6 Å². The van der Waals surface area contributed by atoms with Gasteiger partial charge in [0.15, 0.2) is 29.7 Å². The number of likely N-dealkylation sites (N-methyl/N-ethyl adjacent to an activating group) is 1. The minimum Gasteiger partial charge on any atom is -0.493 e. The third-order valence-corrected chi connectivity index (χ3v) is 20.3. The zero-order chi connectivity index (χ0) is 60.2. The molecule has 82 heavy (non-hydrogen) atoms. The lowest BCUT2D eigenvalue weighted by Gasteiger charge is -2.49. The van der Waals surface area contributed by atoms with Gasteiger partial charge in [-0.3, -0.25) is 24.2 Å². The molecule has 4 saturated heterocycles. The third kappa shape index (κ3) is 14.3. The summed E-state index contributed by atoms with van der Waals surface area (Å²) >= 11 is 14.9. The van der Waals surface area contributed by atoms with Gasteiger partial charge in [0.05, 0.1) is 70.8 Å². The minimum absolute atomic E-state index is 0.0502. The Kier molecular flexibility index (Phi) is 22.4. The number of thioether (sulfide) groups is 1. The van der Waals surface area contributed by atoms with Crippen LogP contribution in [0.1, 0.15) is 133 Å². The first-order valence-corrected chi connectivity index (χ1v) is 30.8. The van der Waals surface area contributed by atoms with Crippen molar-refractivity contribution in [1.82, 2.24) is 9.88 Å². The van der Waals surface area contributed by atoms with E-state index in [9.17, 15) is 19.8 Å². The van der Waals surface area contributed by atoms with E-state index in [2.05, 4.69) is 9.88 Å². The Morgan fingerprint density at radius 1 is 0.902 bits per heavy atom. The van der Waals surface area contributed by atoms with Gasteiger partial charge >= 0.3 is 11.9 Å². The number of amides is 1. The first-order valence-electron chi connectivity index (χ1n) is 29.0. The smallest absolute Gasteiger partial charge is 0.320 e. The number of aliphatic hydroxyl groups is 2. The number of carbonyl (C=O) groups is 4. The molecular formula is C60H89Cl2N3O16S. The van der Waals surface area contributed by atoms with Crippen LogP contribution in [-0.2, 0) is 63.6 Å². The molecule has 0 spiro atoms. The van der Waals surface area contributed by atoms with Crippen molar-refractivity contribution in [1.29, 1.82) is 0 Å². The molecule has 0 unspecified atom stereocenters. The maximum Gasteiger partial charge on any atom is 0.320 e. The fourth-order valence-corrected chi connectivity index (χ4v) is 15.0. The van der Waals surface area contributed by atoms with E-state index in [-0.39, 0.29) is 50.0 Å². The second kappa shape index (κ2) is 27.9. The van der Waals surface area contributed by atoms with Gasteiger partial charge in [-0.25, -0.2) is 0 Å². The summed E-state index contributed by atoms with van der Waals surface area (Å²) in [5, 5.41) is 23.1. The number of aliphatic hydroxyl groups excluding tert-OH is 2. The van der Waals surface area contributed by atoms with Gasteiger partial charge in [-0.15, -0.1) is 11.8 Å². The molecule has 460 valence electrons. The Labute approximate surface area is 498 Å². The first-order chi connectivity index (χ1) is 38.7. The molecule has 7 rings (SSSR count). The van der Waals surface area contributed by atoms with E-state index < -0.39 is 119 Å². The maximum atomic E-state index is 15.2. The number of ether oxygens (including phenoxy) is 10. The molecule has 4 aliphatic heterocycles. The average Bonchev–Trinajstić information content (AvgIpc) is 4.24. The van der Waals surface area contributed by atoms with Crippen LogP contribution in [0.2, 0.25) is 10.0 Å². The van der Waals surface area contributed by atoms with Crippen LogP contribution >= 0.6 is 35.0 Å². The quantitative estimate of drug-likeness (QED) is 0.133. The first kappa shape index (κ1) is 66.0. The summed E-state index contributed by atoms with van der Waals surface area (Å²) in [6, 6.07) is 5.08. The summed E-state index contributed by atoms with van der Waals surface area (Å²) in [6.07, 6.45) is -1.20. The summed E-state index contributed by atoms with van der Waals surface area (Å²) in [4.78, 5) is 65.5. The van der Waals surface area contributed by atoms with Crippen molar-refractivity contribution >= 4 is 64.3 Å². The van der Waals surface area contributed by atoms with E-state index in [0.717, 1.165) is 31.4 Å². The van der Waals surface area contributed by atoms with Crippen molar-refractivity contribution < 1.29 is 76.8 Å². The summed E-state index contributed by atoms with van der Waals surface area (Å²) in [7, 11) is 6.23. The predicted molar refractivity (Wildman–Crippen MR) is 310 cm³/mol. The van der Waals surface area contributed by atoms with Crippen molar-refractivity contribution in [2.24, 2.45) is 23.7 Å². The summed E-state index contributed by atoms with van der Waals surface area (Å²) in [6.45, 7) is 18.1. The number of Topliss-reactive ketones (excluding diaryl/α,β-unsaturated/α-hetero) is 1. The molecule has 5 heterocycles. The highest BCUT2D eigenvalue weighted by Crippen LogP contribution is 2.49. The molecule has 0 radical (unpaired) electrons. The van der Waals surface area contributed by atoms with Crippen molar-refractivity contribution in [3.05, 3.63) is 46.2 Å². The van der Waals surface area contributed by atoms with Gasteiger partial charge in [0.25, 0.3) is 0 Å². The van der Waals surface area contributed by atoms with Gasteiger partial charge in [-0.2, -0.15) is 0 Å². The lowest BCUT2D eigenvalue weighted by Crippen LogP contribution is -2.61. The molecule has 1 saturated carbocycles. The molecule has 5 fully saturated rings. The van der Waals surface area contributed by atoms with E-state index in [1.54, 1.807) is 68.1 Å². The number of aromatic nitrogens is 1. The Morgan fingerprint density at radius 3 is 2.20 bits per heavy atom. The van der Waals surface area contributed by atoms with E-state index >= 15 is 9.59 Å². The molecule has 2 N–H and O–H groups in total. The van der Waals surface area contributed by atoms with Gasteiger partial charge in [0.2, 0.25) is 5.91 Å². The molecular weight excluding hydrogens is 1120 g/mol. The second-order valence-corrected chi connectivity index (χ2v) is 25.9. The molecule has 1 aliphatic carbocycles. The number of anilines is 1. The van der Waals surface area contributed by atoms with Crippen LogP contribution < -0.4 is 14.4 Å². The summed E-state index contributed by atoms with van der Waals surface area (Å²) in [5.41, 5.74) is -2.48. The number of halogens is 2. The van der Waals surface area contributed by atoms with E-state index in [1.807, 2.05) is 39.0 Å². The molecule has 5 aliphatic rings. The lowest BCUT2D eigenvalue weighted by molar-refractivity contribution is -0.318. The Hall–Kier alpha value is -3.54. The second-order valence-electron chi connectivity index (χ2n) is 23.9. The van der Waals surface area contributed by atoms with Crippen LogP contribution in [0.25, 0.3) is 0 Å². The van der Waals surface area contributed by atoms with Gasteiger partial charge < -0.3 is 67.4 Å². The fraction of sp³-hybridized carbons (Fsp3) is 0.750.